The van der Waals surface area contributed by atoms with Crippen LogP contribution in [0.3, 0.4) is 0 Å². The molecule has 0 unspecified atom stereocenters. The molecule has 0 bridgehead atoms. The summed E-state index contributed by atoms with van der Waals surface area (Å²) in [5.41, 5.74) is 14.6. The molecule has 0 fully saturated rings. The lowest BCUT2D eigenvalue weighted by atomic mass is 9.93. The van der Waals surface area contributed by atoms with E-state index in [0.717, 1.165) is 75.8 Å². The molecule has 115 heavy (non-hydrogen) atoms. The maximum Gasteiger partial charge on any atom is 0.153 e. The molecule has 578 valence electrons. The van der Waals surface area contributed by atoms with Gasteiger partial charge in [-0.3, -0.25) is 39.1 Å². The van der Waals surface area contributed by atoms with Crippen LogP contribution in [0.4, 0.5) is 0 Å². The Morgan fingerprint density at radius 3 is 1.08 bits per heavy atom. The van der Waals surface area contributed by atoms with Gasteiger partial charge in [0, 0.05) is 129 Å². The molecule has 0 spiro atoms. The third-order valence-corrected chi connectivity index (χ3v) is 20.9. The number of aromatic hydroxyl groups is 1. The van der Waals surface area contributed by atoms with Gasteiger partial charge in [0.25, 0.3) is 0 Å². The van der Waals surface area contributed by atoms with E-state index in [-0.39, 0.29) is 79.5 Å². The van der Waals surface area contributed by atoms with E-state index in [2.05, 4.69) is 73.8 Å². The lowest BCUT2D eigenvalue weighted by Gasteiger charge is -2.18. The molecule has 0 aliphatic rings. The number of phenolic OH excluding ortho intramolecular Hbond substituents is 1. The van der Waals surface area contributed by atoms with Crippen LogP contribution in [0.5, 0.6) is 46.0 Å². The van der Waals surface area contributed by atoms with Crippen molar-refractivity contribution in [2.75, 3.05) is 0 Å². The molecule has 0 saturated heterocycles. The van der Waals surface area contributed by atoms with Gasteiger partial charge in [-0.05, 0) is 158 Å². The van der Waals surface area contributed by atoms with Crippen molar-refractivity contribution >= 4 is 119 Å². The zero-order chi connectivity index (χ0) is 82.5. The predicted molar refractivity (Wildman–Crippen MR) is 447 cm³/mol. The average molecular weight is 1810 g/mol. The second kappa shape index (κ2) is 43.3. The highest BCUT2D eigenvalue weighted by Gasteiger charge is 2.19. The fraction of sp³-hybridized carbons (Fsp3) is 0.136. The summed E-state index contributed by atoms with van der Waals surface area (Å²) in [7, 11) is 0. The van der Waals surface area contributed by atoms with E-state index in [1.807, 2.05) is 125 Å². The second-order valence-corrected chi connectivity index (χ2v) is 28.8. The van der Waals surface area contributed by atoms with Gasteiger partial charge in [-0.25, -0.2) is 0 Å². The fourth-order valence-corrected chi connectivity index (χ4v) is 12.8. The second-order valence-electron chi connectivity index (χ2n) is 24.9. The van der Waals surface area contributed by atoms with Gasteiger partial charge in [0.1, 0.15) is 117 Å². The normalized spacial score (nSPS) is 10.3. The molecule has 0 amide bonds. The van der Waals surface area contributed by atoms with Crippen molar-refractivity contribution in [3.05, 3.63) is 335 Å². The molecule has 1 N–H and O–H groups in total. The molecular weight excluding hydrogens is 1740 g/mol. The average Bonchev–Trinajstić information content (AvgIpc) is 0.795. The van der Waals surface area contributed by atoms with Crippen LogP contribution < -0.4 is 33.2 Å². The number of benzene rings is 8. The predicted octanol–water partition coefficient (Wildman–Crippen LogP) is 21.8. The minimum Gasteiger partial charge on any atom is -0.507 e. The molecule has 4 heterocycles. The summed E-state index contributed by atoms with van der Waals surface area (Å²) in [5, 5.41) is 47.6. The van der Waals surface area contributed by atoms with Crippen LogP contribution in [0, 0.1) is 73.0 Å². The van der Waals surface area contributed by atoms with E-state index < -0.39 is 0 Å². The Morgan fingerprint density at radius 2 is 0.670 bits per heavy atom. The molecule has 0 aliphatic heterocycles. The molecule has 0 aliphatic carbocycles. The van der Waals surface area contributed by atoms with Gasteiger partial charge in [-0.1, -0.05) is 137 Å². The number of carbonyl (C=O) groups is 4. The summed E-state index contributed by atoms with van der Waals surface area (Å²) in [6.07, 6.45) is 15.0. The topological polar surface area (TPSA) is 300 Å². The van der Waals surface area contributed by atoms with Crippen molar-refractivity contribution in [1.82, 2.24) is 19.9 Å². The number of nitrogens with zero attached hydrogens (tertiary/aromatic N) is 8. The van der Waals surface area contributed by atoms with Crippen molar-refractivity contribution in [2.24, 2.45) is 0 Å². The van der Waals surface area contributed by atoms with Crippen LogP contribution in [0.2, 0.25) is 20.1 Å². The maximum atomic E-state index is 11.8. The summed E-state index contributed by atoms with van der Waals surface area (Å²) in [6.45, 7) is 8.95. The van der Waals surface area contributed by atoms with E-state index in [0.29, 0.717) is 119 Å². The Morgan fingerprint density at radius 1 is 0.348 bits per heavy atom. The molecule has 0 radical (unpaired) electrons. The minimum absolute atomic E-state index is 0.0845. The Labute approximate surface area is 708 Å². The highest BCUT2D eigenvalue weighted by Crippen LogP contribution is 2.39. The third kappa shape index (κ3) is 24.3. The van der Waals surface area contributed by atoms with Crippen molar-refractivity contribution < 1.29 is 57.4 Å². The molecule has 27 heteroatoms. The summed E-state index contributed by atoms with van der Waals surface area (Å²) in [6, 6.07) is 50.5. The number of hydrogen-bond donors (Lipinski definition) is 1. The lowest BCUT2D eigenvalue weighted by Crippen LogP contribution is -2.04. The van der Waals surface area contributed by atoms with Crippen LogP contribution in [0.25, 0.3) is 11.1 Å². The SMILES string of the molecule is Cc1c(Br)cccc1OCc1cc(O)c(C=O)cc1Cl.Cc1c(Br)cccc1OCc1cc(OCc2cncc(C#N)c2)c(C=O)cc1Cl.Cc1c(COc2cc(OCc3cncc(C#N)c3)c(C=O)cc2Cl)cccc1-c1cccc(OCc2cc(OCc3cncc(C#N)c3)c(C=O)cc2Cl)c1C.N#Cc1cncc(CBr)c1. The first-order valence-electron chi connectivity index (χ1n) is 34.4. The molecule has 20 nitrogen and oxygen atoms in total. The van der Waals surface area contributed by atoms with Gasteiger partial charge in [0.15, 0.2) is 25.1 Å². The number of ether oxygens (including phenoxy) is 7. The monoisotopic (exact) mass is 1800 g/mol. The number of alkyl halides is 1. The number of halogens is 7. The molecular formula is C88H65Br3Cl4N8O12. The lowest BCUT2D eigenvalue weighted by molar-refractivity contribution is 0.111. The molecule has 12 rings (SSSR count). The zero-order valence-electron chi connectivity index (χ0n) is 61.6. The van der Waals surface area contributed by atoms with Crippen LogP contribution in [-0.2, 0) is 51.6 Å². The fourth-order valence-electron chi connectivity index (χ4n) is 10.9. The Balaban J connectivity index is 0.000000210. The van der Waals surface area contributed by atoms with Gasteiger partial charge in [0.2, 0.25) is 0 Å². The van der Waals surface area contributed by atoms with E-state index in [9.17, 15) is 34.8 Å². The number of hydrogen-bond acceptors (Lipinski definition) is 20. The molecule has 0 saturated carbocycles. The van der Waals surface area contributed by atoms with Crippen LogP contribution in [0.15, 0.2) is 204 Å². The molecule has 12 aromatic rings. The first kappa shape index (κ1) is 87.0. The maximum absolute atomic E-state index is 11.8. The highest BCUT2D eigenvalue weighted by molar-refractivity contribution is 9.11. The molecule has 0 atom stereocenters. The van der Waals surface area contributed by atoms with Crippen molar-refractivity contribution in [1.29, 1.82) is 21.0 Å². The van der Waals surface area contributed by atoms with E-state index in [1.165, 1.54) is 36.8 Å². The molecule has 8 aromatic carbocycles. The number of phenols is 1. The molecule has 4 aromatic heterocycles. The van der Waals surface area contributed by atoms with Crippen LogP contribution in [-0.4, -0.2) is 50.2 Å². The van der Waals surface area contributed by atoms with E-state index >= 15 is 0 Å². The Kier molecular flexibility index (Phi) is 32.8. The Hall–Kier alpha value is -12.0. The third-order valence-electron chi connectivity index (χ3n) is 17.1. The first-order chi connectivity index (χ1) is 55.6. The largest absolute Gasteiger partial charge is 0.507 e. The standard InChI is InChI=1S/C44H32Cl2N4O6.C22H16BrClN2O3.C15H12BrClO3.C7H5BrN2/c1-27-33(25-56-44-14-43(35(22-52)12-40(44)46)54-24-32-10-30(16-48)18-50-20-32)5-3-6-37(27)38-7-4-8-41(28(38)2)55-26-36-13-42(34(21-51)11-39(36)45)53-23-31-9-29(15-47)17-49-19-31;1-14-19(23)3-2-4-21(14)29-13-18-7-22(17(11-27)6-20(18)24)28-12-16-5-15(8-25)9-26-10-16;1-9-12(16)3-2-4-15(9)20-8-11-6-14(19)10(7-18)5-13(11)17;8-2-6-1-7(3-9)5-10-4-6/h3-14,17-22H,23-26H2,1-2H3;2-7,9-11H,12-13H2,1H3;2-7,19H,8H2,1H3;1,4-5H,2H2. The quantitative estimate of drug-likeness (QED) is 0.0369. The zero-order valence-corrected chi connectivity index (χ0v) is 69.4. The van der Waals surface area contributed by atoms with Gasteiger partial charge < -0.3 is 38.3 Å². The summed E-state index contributed by atoms with van der Waals surface area (Å²) in [4.78, 5) is 61.8. The minimum atomic E-state index is -0.103. The smallest absolute Gasteiger partial charge is 0.153 e. The first-order valence-corrected chi connectivity index (χ1v) is 38.6. The number of rotatable bonds is 27. The van der Waals surface area contributed by atoms with Gasteiger partial charge in [-0.15, -0.1) is 0 Å². The van der Waals surface area contributed by atoms with Crippen molar-refractivity contribution in [2.45, 2.75) is 79.3 Å². The summed E-state index contributed by atoms with van der Waals surface area (Å²) in [5.74, 6) is 3.34. The highest BCUT2D eigenvalue weighted by atomic mass is 79.9. The van der Waals surface area contributed by atoms with Crippen molar-refractivity contribution in [3.8, 4) is 81.4 Å². The number of pyridine rings is 4. The summed E-state index contributed by atoms with van der Waals surface area (Å²) >= 11 is 35.7. The summed E-state index contributed by atoms with van der Waals surface area (Å²) < 4.78 is 43.7. The van der Waals surface area contributed by atoms with Gasteiger partial charge in [-0.2, -0.15) is 21.0 Å². The van der Waals surface area contributed by atoms with E-state index in [4.69, 9.17) is 90.1 Å². The Bertz CT molecular complexity index is 5580. The van der Waals surface area contributed by atoms with E-state index in [1.54, 1.807) is 79.5 Å². The van der Waals surface area contributed by atoms with Crippen LogP contribution >= 0.6 is 94.2 Å². The number of carbonyl (C=O) groups excluding carboxylic acids is 4. The van der Waals surface area contributed by atoms with Gasteiger partial charge in [0.05, 0.1) is 49.5 Å². The van der Waals surface area contributed by atoms with Gasteiger partial charge >= 0.3 is 0 Å². The number of nitriles is 4. The number of aromatic nitrogens is 4. The number of aldehydes is 4. The van der Waals surface area contributed by atoms with Crippen molar-refractivity contribution in [3.63, 3.8) is 0 Å². The van der Waals surface area contributed by atoms with Crippen LogP contribution in [0.1, 0.15) is 130 Å².